The first kappa shape index (κ1) is 19.8. The summed E-state index contributed by atoms with van der Waals surface area (Å²) in [5.74, 6) is 1.80. The summed E-state index contributed by atoms with van der Waals surface area (Å²) in [4.78, 5) is 12.5. The van der Waals surface area contributed by atoms with Gasteiger partial charge >= 0.3 is 5.97 Å². The lowest BCUT2D eigenvalue weighted by molar-refractivity contribution is -0.0287. The molecule has 0 aliphatic heterocycles. The summed E-state index contributed by atoms with van der Waals surface area (Å²) < 4.78 is 5.90. The number of fused-ring (bicyclic) bond motifs is 5. The smallest absolute Gasteiger partial charge is 0.338 e. The molecule has 0 heterocycles. The van der Waals surface area contributed by atoms with Crippen LogP contribution in [0.25, 0.3) is 0 Å². The first-order valence-corrected chi connectivity index (χ1v) is 11.6. The molecule has 0 amide bonds. The molecule has 3 saturated carbocycles. The summed E-state index contributed by atoms with van der Waals surface area (Å²) in [6.07, 6.45) is 11.0. The number of carbonyl (C=O) groups is 1. The van der Waals surface area contributed by atoms with Gasteiger partial charge in [-0.25, -0.2) is 4.79 Å². The van der Waals surface area contributed by atoms with Gasteiger partial charge in [-0.05, 0) is 80.2 Å². The summed E-state index contributed by atoms with van der Waals surface area (Å²) in [5, 5.41) is 13.2. The van der Waals surface area contributed by atoms with E-state index in [0.29, 0.717) is 23.3 Å². The van der Waals surface area contributed by atoms with Gasteiger partial charge in [-0.1, -0.05) is 48.9 Å². The highest BCUT2D eigenvalue weighted by Crippen LogP contribution is 2.64. The lowest BCUT2D eigenvalue weighted by atomic mass is 9.48. The Bertz CT molecular complexity index is 891. The molecule has 0 spiro atoms. The van der Waals surface area contributed by atoms with Crippen LogP contribution in [0.2, 0.25) is 0 Å². The highest BCUT2D eigenvalue weighted by Gasteiger charge is 2.58. The summed E-state index contributed by atoms with van der Waals surface area (Å²) in [6.45, 7) is 4.79. The van der Waals surface area contributed by atoms with Crippen molar-refractivity contribution in [2.75, 3.05) is 0 Å². The maximum absolute atomic E-state index is 12.5. The Labute approximate surface area is 179 Å². The van der Waals surface area contributed by atoms with Crippen LogP contribution in [0.15, 0.2) is 47.1 Å². The zero-order valence-corrected chi connectivity index (χ0v) is 18.1. The zero-order valence-electron chi connectivity index (χ0n) is 18.1. The van der Waals surface area contributed by atoms with Crippen LogP contribution in [0.3, 0.4) is 0 Å². The van der Waals surface area contributed by atoms with Gasteiger partial charge in [0.2, 0.25) is 0 Å². The fraction of sp³-hybridized carbons (Fsp3) is 0.615. The van der Waals surface area contributed by atoms with E-state index in [-0.39, 0.29) is 22.9 Å². The molecule has 1 aromatic rings. The average Bonchev–Trinajstić information content (AvgIpc) is 3.11. The third-order valence-corrected chi connectivity index (χ3v) is 9.20. The van der Waals surface area contributed by atoms with E-state index in [4.69, 9.17) is 4.74 Å². The average molecular weight is 408 g/mol. The van der Waals surface area contributed by atoms with E-state index < -0.39 is 0 Å². The number of hydrogen-bond acceptors (Lipinski definition) is 4. The molecule has 5 rings (SSSR count). The molecular formula is C26H33NO3. The molecular weight excluding hydrogens is 374 g/mol. The third kappa shape index (κ3) is 2.94. The Balaban J connectivity index is 1.33. The van der Waals surface area contributed by atoms with Gasteiger partial charge in [-0.2, -0.15) is 0 Å². The molecule has 160 valence electrons. The molecule has 0 radical (unpaired) electrons. The molecule has 30 heavy (non-hydrogen) atoms. The summed E-state index contributed by atoms with van der Waals surface area (Å²) in [6, 6.07) is 9.33. The largest absolute Gasteiger partial charge is 0.458 e. The number of benzene rings is 1. The molecule has 3 fully saturated rings. The summed E-state index contributed by atoms with van der Waals surface area (Å²) >= 11 is 0. The van der Waals surface area contributed by atoms with Crippen LogP contribution in [0, 0.1) is 28.6 Å². The van der Waals surface area contributed by atoms with E-state index in [1.165, 1.54) is 12.0 Å². The standard InChI is InChI=1S/C26H33NO3/c1-25-14-12-19(30-24(28)17-6-4-3-5-7-17)16-18(25)8-9-20-21-10-11-23(27-29)26(21,2)15-13-22(20)25/h3-8,19-22,29H,9-16H2,1-2H3/t19-,20-,21-,22-,25-,26-/m0/s1. The first-order valence-electron chi connectivity index (χ1n) is 11.6. The number of allylic oxidation sites excluding steroid dienone is 1. The Kier molecular flexibility index (Phi) is 4.79. The number of ether oxygens (including phenoxy) is 1. The monoisotopic (exact) mass is 407 g/mol. The van der Waals surface area contributed by atoms with Crippen molar-refractivity contribution >= 4 is 11.7 Å². The molecule has 6 atom stereocenters. The molecule has 0 unspecified atom stereocenters. The molecule has 0 aromatic heterocycles. The van der Waals surface area contributed by atoms with Gasteiger partial charge in [0.1, 0.15) is 6.10 Å². The number of hydrogen-bond donors (Lipinski definition) is 1. The quantitative estimate of drug-likeness (QED) is 0.283. The number of carbonyl (C=O) groups excluding carboxylic acids is 1. The van der Waals surface area contributed by atoms with Crippen molar-refractivity contribution in [3.8, 4) is 0 Å². The first-order chi connectivity index (χ1) is 14.5. The van der Waals surface area contributed by atoms with Crippen molar-refractivity contribution in [3.63, 3.8) is 0 Å². The second-order valence-electron chi connectivity index (χ2n) is 10.4. The Hall–Kier alpha value is -2.10. The Morgan fingerprint density at radius 1 is 1.07 bits per heavy atom. The molecule has 4 nitrogen and oxygen atoms in total. The number of rotatable bonds is 2. The maximum atomic E-state index is 12.5. The van der Waals surface area contributed by atoms with E-state index >= 15 is 0 Å². The maximum Gasteiger partial charge on any atom is 0.338 e. The van der Waals surface area contributed by atoms with Gasteiger partial charge in [-0.3, -0.25) is 0 Å². The topological polar surface area (TPSA) is 58.9 Å². The molecule has 0 bridgehead atoms. The molecule has 4 aliphatic carbocycles. The van der Waals surface area contributed by atoms with Crippen molar-refractivity contribution in [2.24, 2.45) is 33.7 Å². The normalized spacial score (nSPS) is 41.4. The molecule has 1 N–H and O–H groups in total. The van der Waals surface area contributed by atoms with Crippen molar-refractivity contribution in [3.05, 3.63) is 47.5 Å². The summed E-state index contributed by atoms with van der Waals surface area (Å²) in [7, 11) is 0. The highest BCUT2D eigenvalue weighted by molar-refractivity contribution is 5.92. The molecule has 4 heteroatoms. The highest BCUT2D eigenvalue weighted by atomic mass is 16.5. The van der Waals surface area contributed by atoms with Gasteiger partial charge < -0.3 is 9.94 Å². The second-order valence-corrected chi connectivity index (χ2v) is 10.4. The number of esters is 1. The minimum Gasteiger partial charge on any atom is -0.458 e. The SMILES string of the molecule is C[C@]12CC[C@H](OC(=O)c3ccccc3)CC1=CC[C@@H]1[C@@H]2CC[C@]2(C)C(=NO)CC[C@@H]12. The predicted octanol–water partition coefficient (Wildman–Crippen LogP) is 6.01. The number of nitrogens with zero attached hydrogens (tertiary/aromatic N) is 1. The van der Waals surface area contributed by atoms with Gasteiger partial charge in [0.05, 0.1) is 11.3 Å². The van der Waals surface area contributed by atoms with E-state index in [0.717, 1.165) is 50.7 Å². The van der Waals surface area contributed by atoms with Crippen LogP contribution in [-0.4, -0.2) is 23.0 Å². The fourth-order valence-electron chi connectivity index (χ4n) is 7.47. The van der Waals surface area contributed by atoms with Crippen LogP contribution in [-0.2, 0) is 4.74 Å². The molecule has 4 aliphatic rings. The van der Waals surface area contributed by atoms with E-state index in [2.05, 4.69) is 25.1 Å². The number of oxime groups is 1. The van der Waals surface area contributed by atoms with Crippen LogP contribution in [0.5, 0.6) is 0 Å². The van der Waals surface area contributed by atoms with Crippen LogP contribution in [0.1, 0.15) is 75.6 Å². The van der Waals surface area contributed by atoms with Gasteiger partial charge in [0.25, 0.3) is 0 Å². The minimum absolute atomic E-state index is 0.0120. The van der Waals surface area contributed by atoms with E-state index in [9.17, 15) is 10.0 Å². The van der Waals surface area contributed by atoms with Crippen LogP contribution >= 0.6 is 0 Å². The minimum atomic E-state index is -0.200. The van der Waals surface area contributed by atoms with Crippen molar-refractivity contribution < 1.29 is 14.7 Å². The van der Waals surface area contributed by atoms with Crippen molar-refractivity contribution in [2.45, 2.75) is 71.3 Å². The molecule has 1 aromatic carbocycles. The fourth-order valence-corrected chi connectivity index (χ4v) is 7.47. The van der Waals surface area contributed by atoms with Crippen molar-refractivity contribution in [1.82, 2.24) is 0 Å². The predicted molar refractivity (Wildman–Crippen MR) is 117 cm³/mol. The van der Waals surface area contributed by atoms with E-state index in [1.807, 2.05) is 30.3 Å². The Morgan fingerprint density at radius 3 is 2.57 bits per heavy atom. The summed E-state index contributed by atoms with van der Waals surface area (Å²) in [5.41, 5.74) is 3.48. The molecule has 0 saturated heterocycles. The van der Waals surface area contributed by atoms with E-state index in [1.54, 1.807) is 0 Å². The third-order valence-electron chi connectivity index (χ3n) is 9.20. The van der Waals surface area contributed by atoms with Crippen LogP contribution in [0.4, 0.5) is 0 Å². The van der Waals surface area contributed by atoms with Gasteiger partial charge in [-0.15, -0.1) is 0 Å². The zero-order chi connectivity index (χ0) is 20.9. The lowest BCUT2D eigenvalue weighted by Crippen LogP contribution is -2.50. The second kappa shape index (κ2) is 7.25. The van der Waals surface area contributed by atoms with Crippen LogP contribution < -0.4 is 0 Å². The Morgan fingerprint density at radius 2 is 1.80 bits per heavy atom. The lowest BCUT2D eigenvalue weighted by Gasteiger charge is -2.57. The van der Waals surface area contributed by atoms with Gasteiger partial charge in [0, 0.05) is 11.8 Å². The van der Waals surface area contributed by atoms with Crippen molar-refractivity contribution in [1.29, 1.82) is 0 Å². The van der Waals surface area contributed by atoms with Gasteiger partial charge in [0.15, 0.2) is 0 Å².